The van der Waals surface area contributed by atoms with Crippen LogP contribution in [0.3, 0.4) is 0 Å². The Bertz CT molecular complexity index is 1490. The molecular formula is C42H78N12O10S2. The van der Waals surface area contributed by atoms with Gasteiger partial charge in [-0.05, 0) is 108 Å². The molecule has 66 heavy (non-hydrogen) atoms. The number of carbonyl (C=O) groups is 5. The number of carbonyl (C=O) groups excluding carboxylic acids is 5. The molecule has 1 aliphatic rings. The van der Waals surface area contributed by atoms with E-state index in [0.717, 1.165) is 38.0 Å². The van der Waals surface area contributed by atoms with Crippen molar-refractivity contribution in [1.29, 1.82) is 0 Å². The fourth-order valence-corrected chi connectivity index (χ4v) is 6.69. The van der Waals surface area contributed by atoms with E-state index in [4.69, 9.17) is 40.3 Å². The Labute approximate surface area is 402 Å². The van der Waals surface area contributed by atoms with Gasteiger partial charge in [-0.15, -0.1) is 0 Å². The Kier molecular flexibility index (Phi) is 39.8. The van der Waals surface area contributed by atoms with Crippen molar-refractivity contribution in [1.82, 2.24) is 14.7 Å². The molecule has 0 amide bonds. The average molecular weight is 975 g/mol. The van der Waals surface area contributed by atoms with Crippen LogP contribution in [0.1, 0.15) is 111 Å². The zero-order valence-electron chi connectivity index (χ0n) is 39.2. The van der Waals surface area contributed by atoms with E-state index in [9.17, 15) is 24.0 Å². The number of rotatable bonds is 38. The summed E-state index contributed by atoms with van der Waals surface area (Å²) in [5, 5.41) is 10.2. The topological polar surface area (TPSA) is 288 Å². The summed E-state index contributed by atoms with van der Waals surface area (Å²) in [6, 6.07) is 0.995. The first-order chi connectivity index (χ1) is 31.3. The van der Waals surface area contributed by atoms with E-state index in [1.165, 1.54) is 6.92 Å². The first-order valence-corrected chi connectivity index (χ1v) is 23.7. The molecule has 1 saturated carbocycles. The molecule has 3 unspecified atom stereocenters. The quantitative estimate of drug-likeness (QED) is 0.0115. The molecule has 22 nitrogen and oxygen atoms in total. The number of likely N-dealkylation sites (N-methyl/N-ethyl adjacent to an activating group) is 3. The van der Waals surface area contributed by atoms with Crippen LogP contribution in [0, 0.1) is 5.41 Å². The molecule has 0 aromatic heterocycles. The van der Waals surface area contributed by atoms with Crippen molar-refractivity contribution in [2.45, 2.75) is 129 Å². The van der Waals surface area contributed by atoms with Crippen molar-refractivity contribution >= 4 is 55.1 Å². The molecule has 1 aliphatic carbocycles. The minimum atomic E-state index is -1.36. The molecule has 378 valence electrons. The summed E-state index contributed by atoms with van der Waals surface area (Å²) in [4.78, 5) is 74.9. The summed E-state index contributed by atoms with van der Waals surface area (Å²) in [5.41, 5.74) is 23.3. The molecule has 0 heterocycles. The third-order valence-corrected chi connectivity index (χ3v) is 10.8. The molecule has 0 radical (unpaired) electrons. The summed E-state index contributed by atoms with van der Waals surface area (Å²) in [7, 11) is 6.30. The molecule has 0 spiro atoms. The molecule has 0 bridgehead atoms. The van der Waals surface area contributed by atoms with Gasteiger partial charge in [0.15, 0.2) is 0 Å². The zero-order valence-corrected chi connectivity index (χ0v) is 41.0. The summed E-state index contributed by atoms with van der Waals surface area (Å²) >= 11 is 8.32. The van der Waals surface area contributed by atoms with Gasteiger partial charge in [-0.2, -0.15) is 25.3 Å². The van der Waals surface area contributed by atoms with E-state index in [0.29, 0.717) is 108 Å². The van der Waals surface area contributed by atoms with Crippen LogP contribution in [0.5, 0.6) is 0 Å². The van der Waals surface area contributed by atoms with Gasteiger partial charge >= 0.3 is 29.8 Å². The second kappa shape index (κ2) is 41.1. The Morgan fingerprint density at radius 2 is 0.894 bits per heavy atom. The Morgan fingerprint density at radius 1 is 0.530 bits per heavy atom. The third kappa shape index (κ3) is 30.9. The predicted molar refractivity (Wildman–Crippen MR) is 259 cm³/mol. The number of unbranched alkanes of at least 4 members (excludes halogenated alkanes) is 5. The van der Waals surface area contributed by atoms with E-state index in [2.05, 4.69) is 98.1 Å². The van der Waals surface area contributed by atoms with Crippen LogP contribution in [-0.2, 0) is 47.7 Å². The lowest BCUT2D eigenvalue weighted by atomic mass is 9.93. The van der Waals surface area contributed by atoms with Gasteiger partial charge in [0.05, 0.1) is 0 Å². The van der Waals surface area contributed by atoms with E-state index in [-0.39, 0.29) is 65.1 Å². The van der Waals surface area contributed by atoms with Crippen molar-refractivity contribution < 1.29 is 47.7 Å². The summed E-state index contributed by atoms with van der Waals surface area (Å²) in [6.07, 6.45) is 8.47. The largest absolute Gasteiger partial charge is 0.464 e. The van der Waals surface area contributed by atoms with Gasteiger partial charge in [0, 0.05) is 97.0 Å². The van der Waals surface area contributed by atoms with Crippen molar-refractivity contribution in [2.24, 2.45) is 20.8 Å². The van der Waals surface area contributed by atoms with Crippen molar-refractivity contribution in [3.05, 3.63) is 31.3 Å². The molecule has 0 saturated heterocycles. The molecule has 0 aliphatic heterocycles. The highest BCUT2D eigenvalue weighted by Crippen LogP contribution is 2.36. The Hall–Kier alpha value is -4.14. The van der Waals surface area contributed by atoms with Crippen molar-refractivity contribution in [2.75, 3.05) is 105 Å². The minimum absolute atomic E-state index is 0. The van der Waals surface area contributed by atoms with E-state index < -0.39 is 23.3 Å². The van der Waals surface area contributed by atoms with E-state index in [1.807, 2.05) is 0 Å². The van der Waals surface area contributed by atoms with Crippen LogP contribution in [0.4, 0.5) is 0 Å². The Balaban J connectivity index is 0. The lowest BCUT2D eigenvalue weighted by Gasteiger charge is -2.26. The third-order valence-electron chi connectivity index (χ3n) is 10.3. The van der Waals surface area contributed by atoms with Crippen LogP contribution in [-0.4, -0.2) is 168 Å². The lowest BCUT2D eigenvalue weighted by molar-refractivity contribution is -0.169. The maximum Gasteiger partial charge on any atom is 0.318 e. The molecule has 3 atom stereocenters. The molecule has 0 N–H and O–H groups in total. The standard InChI is InChI=1S/C24H46N6O4S.C17H28N6O6S.CH4/c1-5-6-7-11-20(31)33-17-15-29(3)23-22(28(2)14-10-19-35)24(23)30(4)16-18-34-21(32)12-8-9-13-26-27-25;1-17(16(26)27-10-11-30,12-28-14(24)6-2-4-8-20-22-18)13-29-15(25)7-3-5-9-21-23-19;/h22-24,35H,5-19H2,1-4H3;30H,2-13H2,1H3;1H4. The predicted octanol–water partition coefficient (Wildman–Crippen LogP) is 7.52. The molecule has 0 aromatic carbocycles. The highest BCUT2D eigenvalue weighted by molar-refractivity contribution is 7.80. The van der Waals surface area contributed by atoms with Crippen LogP contribution in [0.2, 0.25) is 0 Å². The van der Waals surface area contributed by atoms with Crippen LogP contribution in [0.25, 0.3) is 31.3 Å². The number of hydrogen-bond donors (Lipinski definition) is 2. The van der Waals surface area contributed by atoms with Gasteiger partial charge < -0.3 is 28.6 Å². The number of azide groups is 3. The molecule has 24 heteroatoms. The molecule has 1 rings (SSSR count). The summed E-state index contributed by atoms with van der Waals surface area (Å²) in [5.74, 6) is -0.862. The smallest absolute Gasteiger partial charge is 0.318 e. The summed E-state index contributed by atoms with van der Waals surface area (Å²) < 4.78 is 26.3. The van der Waals surface area contributed by atoms with E-state index in [1.54, 1.807) is 0 Å². The fourth-order valence-electron chi connectivity index (χ4n) is 6.45. The second-order valence-electron chi connectivity index (χ2n) is 15.9. The normalized spacial score (nSPS) is 15.6. The van der Waals surface area contributed by atoms with Gasteiger partial charge in [-0.1, -0.05) is 42.5 Å². The molecular weight excluding hydrogens is 897 g/mol. The van der Waals surface area contributed by atoms with Gasteiger partial charge in [0.25, 0.3) is 0 Å². The average Bonchev–Trinajstić information content (AvgIpc) is 4.05. The highest BCUT2D eigenvalue weighted by atomic mass is 32.1. The van der Waals surface area contributed by atoms with Gasteiger partial charge in [-0.25, -0.2) is 0 Å². The van der Waals surface area contributed by atoms with Gasteiger partial charge in [0.1, 0.15) is 38.4 Å². The van der Waals surface area contributed by atoms with Crippen LogP contribution < -0.4 is 0 Å². The SMILES string of the molecule is C.CC(COC(=O)CCCCN=[N+]=[N-])(COC(=O)CCCCN=[N+]=[N-])C(=O)OCCS.CCCCCC(=O)OCCN(C)C1C(N(C)CCCS)C1N(C)CCOC(=O)CCCCN=[N+]=[N-]. The molecule has 0 aromatic rings. The number of thiol groups is 2. The van der Waals surface area contributed by atoms with Crippen molar-refractivity contribution in [3.63, 3.8) is 0 Å². The van der Waals surface area contributed by atoms with E-state index >= 15 is 0 Å². The van der Waals surface area contributed by atoms with Gasteiger partial charge in [-0.3, -0.25) is 33.8 Å². The first-order valence-electron chi connectivity index (χ1n) is 22.4. The first kappa shape index (κ1) is 63.9. The Morgan fingerprint density at radius 3 is 1.24 bits per heavy atom. The zero-order chi connectivity index (χ0) is 48.7. The second-order valence-corrected chi connectivity index (χ2v) is 16.8. The van der Waals surface area contributed by atoms with Crippen molar-refractivity contribution in [3.8, 4) is 0 Å². The van der Waals surface area contributed by atoms with Gasteiger partial charge in [0.2, 0.25) is 0 Å². The minimum Gasteiger partial charge on any atom is -0.464 e. The number of ether oxygens (including phenoxy) is 5. The van der Waals surface area contributed by atoms with Crippen LogP contribution >= 0.6 is 25.3 Å². The number of hydrogen-bond acceptors (Lipinski definition) is 18. The van der Waals surface area contributed by atoms with Crippen LogP contribution in [0.15, 0.2) is 15.3 Å². The molecule has 1 fully saturated rings. The maximum absolute atomic E-state index is 12.4. The number of nitrogens with zero attached hydrogens (tertiary/aromatic N) is 12. The monoisotopic (exact) mass is 975 g/mol. The lowest BCUT2D eigenvalue weighted by Crippen LogP contribution is -2.40. The fraction of sp³-hybridized carbons (Fsp3) is 0.881. The highest BCUT2D eigenvalue weighted by Gasteiger charge is 2.56. The maximum atomic E-state index is 12.4. The number of esters is 5. The summed E-state index contributed by atoms with van der Waals surface area (Å²) in [6.45, 7) is 7.11.